The molecule has 90 valence electrons. The zero-order valence-electron chi connectivity index (χ0n) is 9.42. The van der Waals surface area contributed by atoms with E-state index in [1.165, 1.54) is 11.3 Å². The molecule has 1 heterocycles. The van der Waals surface area contributed by atoms with Crippen LogP contribution in [0.2, 0.25) is 4.34 Å². The first-order valence-corrected chi connectivity index (χ1v) is 6.25. The predicted molar refractivity (Wildman–Crippen MR) is 67.1 cm³/mol. The van der Waals surface area contributed by atoms with Gasteiger partial charge in [-0.15, -0.1) is 11.3 Å². The summed E-state index contributed by atoms with van der Waals surface area (Å²) in [5, 5.41) is 12.0. The number of halogens is 1. The van der Waals surface area contributed by atoms with Crippen molar-refractivity contribution in [2.75, 3.05) is 6.54 Å². The lowest BCUT2D eigenvalue weighted by atomic mass is 9.89. The average Bonchev–Trinajstić information content (AvgIpc) is 2.48. The van der Waals surface area contributed by atoms with Crippen molar-refractivity contribution in [3.63, 3.8) is 0 Å². The van der Waals surface area contributed by atoms with Crippen LogP contribution in [-0.4, -0.2) is 17.6 Å². The summed E-state index contributed by atoms with van der Waals surface area (Å²) in [5.41, 5.74) is -0.229. The highest BCUT2D eigenvalue weighted by atomic mass is 35.5. The number of thiophene rings is 1. The van der Waals surface area contributed by atoms with Gasteiger partial charge in [-0.05, 0) is 17.5 Å². The lowest BCUT2D eigenvalue weighted by molar-refractivity contribution is -0.139. The summed E-state index contributed by atoms with van der Waals surface area (Å²) in [5.74, 6) is -0.758. The third kappa shape index (κ3) is 4.96. The Labute approximate surface area is 104 Å². The standard InChI is InChI=1S/C11H16ClNO2S/c1-11(2,5-10(14)15)7-13-6-8-3-4-9(12)16-8/h3-4,13H,5-7H2,1-2H3,(H,14,15). The monoisotopic (exact) mass is 261 g/mol. The van der Waals surface area contributed by atoms with Gasteiger partial charge in [0.15, 0.2) is 0 Å². The van der Waals surface area contributed by atoms with Gasteiger partial charge in [-0.3, -0.25) is 4.79 Å². The van der Waals surface area contributed by atoms with Crippen molar-refractivity contribution < 1.29 is 9.90 Å². The Hall–Kier alpha value is -0.580. The molecule has 0 aliphatic rings. The largest absolute Gasteiger partial charge is 0.481 e. The number of carboxylic acid groups (broad SMARTS) is 1. The molecule has 0 fully saturated rings. The highest BCUT2D eigenvalue weighted by Crippen LogP contribution is 2.22. The minimum Gasteiger partial charge on any atom is -0.481 e. The molecule has 1 aromatic rings. The zero-order chi connectivity index (χ0) is 12.2. The highest BCUT2D eigenvalue weighted by Gasteiger charge is 2.21. The molecule has 5 heteroatoms. The normalized spacial score (nSPS) is 11.7. The van der Waals surface area contributed by atoms with Crippen LogP contribution in [0.4, 0.5) is 0 Å². The Bertz CT molecular complexity index is 363. The van der Waals surface area contributed by atoms with Gasteiger partial charge in [0.2, 0.25) is 0 Å². The molecule has 0 aromatic carbocycles. The molecule has 0 spiro atoms. The zero-order valence-corrected chi connectivity index (χ0v) is 11.0. The Morgan fingerprint density at radius 3 is 2.75 bits per heavy atom. The van der Waals surface area contributed by atoms with Crippen LogP contribution in [0.5, 0.6) is 0 Å². The van der Waals surface area contributed by atoms with Gasteiger partial charge >= 0.3 is 5.97 Å². The molecule has 0 aliphatic carbocycles. The summed E-state index contributed by atoms with van der Waals surface area (Å²) in [7, 11) is 0. The van der Waals surface area contributed by atoms with Crippen LogP contribution in [0.3, 0.4) is 0 Å². The molecule has 0 unspecified atom stereocenters. The number of hydrogen-bond donors (Lipinski definition) is 2. The quantitative estimate of drug-likeness (QED) is 0.828. The summed E-state index contributed by atoms with van der Waals surface area (Å²) in [4.78, 5) is 11.8. The number of hydrogen-bond acceptors (Lipinski definition) is 3. The van der Waals surface area contributed by atoms with Crippen molar-refractivity contribution in [2.24, 2.45) is 5.41 Å². The number of aliphatic carboxylic acids is 1. The lowest BCUT2D eigenvalue weighted by Crippen LogP contribution is -2.30. The fourth-order valence-corrected chi connectivity index (χ4v) is 2.50. The van der Waals surface area contributed by atoms with E-state index in [-0.39, 0.29) is 11.8 Å². The Morgan fingerprint density at radius 2 is 2.25 bits per heavy atom. The van der Waals surface area contributed by atoms with Crippen molar-refractivity contribution in [2.45, 2.75) is 26.8 Å². The molecule has 1 rings (SSSR count). The third-order valence-electron chi connectivity index (χ3n) is 2.16. The molecule has 1 aromatic heterocycles. The maximum atomic E-state index is 10.6. The second-order valence-corrected chi connectivity index (χ2v) is 6.34. The van der Waals surface area contributed by atoms with E-state index in [0.717, 1.165) is 15.8 Å². The fraction of sp³-hybridized carbons (Fsp3) is 0.545. The van der Waals surface area contributed by atoms with Crippen LogP contribution in [0.15, 0.2) is 12.1 Å². The number of carbonyl (C=O) groups is 1. The van der Waals surface area contributed by atoms with Crippen LogP contribution < -0.4 is 5.32 Å². The van der Waals surface area contributed by atoms with Crippen molar-refractivity contribution in [3.05, 3.63) is 21.3 Å². The molecular weight excluding hydrogens is 246 g/mol. The van der Waals surface area contributed by atoms with Crippen LogP contribution in [0, 0.1) is 5.41 Å². The molecule has 0 bridgehead atoms. The van der Waals surface area contributed by atoms with Gasteiger partial charge in [-0.25, -0.2) is 0 Å². The van der Waals surface area contributed by atoms with E-state index in [2.05, 4.69) is 5.32 Å². The summed E-state index contributed by atoms with van der Waals surface area (Å²) >= 11 is 7.35. The Kier molecular flexibility index (Phi) is 4.77. The maximum Gasteiger partial charge on any atom is 0.303 e. The van der Waals surface area contributed by atoms with E-state index in [0.29, 0.717) is 6.54 Å². The molecule has 2 N–H and O–H groups in total. The average molecular weight is 262 g/mol. The van der Waals surface area contributed by atoms with E-state index in [4.69, 9.17) is 16.7 Å². The second-order valence-electron chi connectivity index (χ2n) is 4.54. The predicted octanol–water partition coefficient (Wildman–Crippen LogP) is 2.99. The second kappa shape index (κ2) is 5.66. The highest BCUT2D eigenvalue weighted by molar-refractivity contribution is 7.16. The molecule has 0 atom stereocenters. The topological polar surface area (TPSA) is 49.3 Å². The van der Waals surface area contributed by atoms with Crippen molar-refractivity contribution >= 4 is 28.9 Å². The first-order chi connectivity index (χ1) is 7.39. The van der Waals surface area contributed by atoms with Crippen molar-refractivity contribution in [1.29, 1.82) is 0 Å². The summed E-state index contributed by atoms with van der Waals surface area (Å²) in [6, 6.07) is 3.84. The molecule has 0 radical (unpaired) electrons. The number of rotatable bonds is 6. The minimum absolute atomic E-state index is 0.172. The van der Waals surface area contributed by atoms with Crippen molar-refractivity contribution in [1.82, 2.24) is 5.32 Å². The molecular formula is C11H16ClNO2S. The van der Waals surface area contributed by atoms with Crippen LogP contribution in [0.1, 0.15) is 25.1 Å². The fourth-order valence-electron chi connectivity index (χ4n) is 1.44. The van der Waals surface area contributed by atoms with E-state index >= 15 is 0 Å². The van der Waals surface area contributed by atoms with Gasteiger partial charge in [0.25, 0.3) is 0 Å². The van der Waals surface area contributed by atoms with Gasteiger partial charge in [0.1, 0.15) is 0 Å². The van der Waals surface area contributed by atoms with Gasteiger partial charge in [0.05, 0.1) is 10.8 Å². The molecule has 3 nitrogen and oxygen atoms in total. The van der Waals surface area contributed by atoms with E-state index in [1.807, 2.05) is 26.0 Å². The summed E-state index contributed by atoms with van der Waals surface area (Å²) < 4.78 is 0.779. The Balaban J connectivity index is 2.32. The first kappa shape index (κ1) is 13.5. The van der Waals surface area contributed by atoms with Gasteiger partial charge < -0.3 is 10.4 Å². The van der Waals surface area contributed by atoms with Crippen LogP contribution in [0.25, 0.3) is 0 Å². The molecule has 0 amide bonds. The number of nitrogens with one attached hydrogen (secondary N) is 1. The summed E-state index contributed by atoms with van der Waals surface area (Å²) in [6.45, 7) is 5.29. The van der Waals surface area contributed by atoms with E-state index < -0.39 is 5.97 Å². The molecule has 16 heavy (non-hydrogen) atoms. The van der Waals surface area contributed by atoms with Crippen LogP contribution in [-0.2, 0) is 11.3 Å². The van der Waals surface area contributed by atoms with Gasteiger partial charge in [-0.2, -0.15) is 0 Å². The Morgan fingerprint density at radius 1 is 1.56 bits per heavy atom. The van der Waals surface area contributed by atoms with E-state index in [9.17, 15) is 4.79 Å². The lowest BCUT2D eigenvalue weighted by Gasteiger charge is -2.22. The summed E-state index contributed by atoms with van der Waals surface area (Å²) in [6.07, 6.45) is 0.172. The molecule has 0 saturated heterocycles. The molecule has 0 aliphatic heterocycles. The van der Waals surface area contributed by atoms with E-state index in [1.54, 1.807) is 0 Å². The molecule has 0 saturated carbocycles. The SMILES string of the molecule is CC(C)(CNCc1ccc(Cl)s1)CC(=O)O. The minimum atomic E-state index is -0.758. The van der Waals surface area contributed by atoms with Gasteiger partial charge in [0, 0.05) is 18.0 Å². The van der Waals surface area contributed by atoms with Crippen molar-refractivity contribution in [3.8, 4) is 0 Å². The van der Waals surface area contributed by atoms with Gasteiger partial charge in [-0.1, -0.05) is 25.4 Å². The maximum absolute atomic E-state index is 10.6. The third-order valence-corrected chi connectivity index (χ3v) is 3.39. The smallest absolute Gasteiger partial charge is 0.303 e. The first-order valence-electron chi connectivity index (χ1n) is 5.06. The van der Waals surface area contributed by atoms with Crippen LogP contribution >= 0.6 is 22.9 Å². The number of carboxylic acids is 1.